The summed E-state index contributed by atoms with van der Waals surface area (Å²) < 4.78 is 29.5. The molecular weight excluding hydrogens is 488 g/mol. The molecule has 4 rings (SSSR count). The molecule has 0 bridgehead atoms. The lowest BCUT2D eigenvalue weighted by atomic mass is 9.97. The second-order valence-corrected chi connectivity index (χ2v) is 10.5. The van der Waals surface area contributed by atoms with Gasteiger partial charge in [0, 0.05) is 16.9 Å². The maximum atomic E-state index is 11.6. The van der Waals surface area contributed by atoms with Crippen molar-refractivity contribution < 1.29 is 23.1 Å². The summed E-state index contributed by atoms with van der Waals surface area (Å²) >= 11 is 1.13. The summed E-state index contributed by atoms with van der Waals surface area (Å²) in [7, 11) is -3.86. The van der Waals surface area contributed by atoms with Crippen molar-refractivity contribution in [3.8, 4) is 5.75 Å². The topological polar surface area (TPSA) is 155 Å². The number of sulfonamides is 1. The average Bonchev–Trinajstić information content (AvgIpc) is 3.54. The molecule has 0 aliphatic heterocycles. The Hall–Kier alpha value is -3.54. The van der Waals surface area contributed by atoms with Gasteiger partial charge in [0.15, 0.2) is 16.6 Å². The van der Waals surface area contributed by atoms with E-state index < -0.39 is 16.0 Å². The molecular formula is C24H24N4O5S2. The highest BCUT2D eigenvalue weighted by molar-refractivity contribution is 7.89. The van der Waals surface area contributed by atoms with Crippen LogP contribution in [0.3, 0.4) is 0 Å². The SMILES string of the molecule is N=C(/C(Oc1ccc(S(N)(=O)=O)cc1)=C(\Nc1nc(C(=O)O)cs1)c1ccccc1)C1CCCC1. The van der Waals surface area contributed by atoms with Crippen LogP contribution in [0.25, 0.3) is 5.70 Å². The van der Waals surface area contributed by atoms with Gasteiger partial charge in [-0.1, -0.05) is 43.2 Å². The molecule has 11 heteroatoms. The fourth-order valence-corrected chi connectivity index (χ4v) is 5.06. The van der Waals surface area contributed by atoms with Gasteiger partial charge in [0.1, 0.15) is 5.75 Å². The first kappa shape index (κ1) is 24.6. The number of aromatic carboxylic acids is 1. The van der Waals surface area contributed by atoms with Crippen LogP contribution in [0.2, 0.25) is 0 Å². The average molecular weight is 513 g/mol. The number of carboxylic acids is 1. The molecule has 35 heavy (non-hydrogen) atoms. The number of hydrogen-bond acceptors (Lipinski definition) is 8. The molecule has 1 aliphatic rings. The summed E-state index contributed by atoms with van der Waals surface area (Å²) in [6.45, 7) is 0. The Morgan fingerprint density at radius 3 is 2.34 bits per heavy atom. The molecule has 1 heterocycles. The third-order valence-electron chi connectivity index (χ3n) is 5.62. The summed E-state index contributed by atoms with van der Waals surface area (Å²) in [4.78, 5) is 15.4. The summed E-state index contributed by atoms with van der Waals surface area (Å²) in [6, 6.07) is 14.9. The lowest BCUT2D eigenvalue weighted by Gasteiger charge is -2.21. The molecule has 2 aromatic carbocycles. The molecule has 1 aromatic heterocycles. The van der Waals surface area contributed by atoms with Crippen LogP contribution in [0.5, 0.6) is 5.75 Å². The first-order valence-corrected chi connectivity index (χ1v) is 13.3. The molecule has 9 nitrogen and oxygen atoms in total. The summed E-state index contributed by atoms with van der Waals surface area (Å²) in [6.07, 6.45) is 3.76. The van der Waals surface area contributed by atoms with E-state index in [2.05, 4.69) is 10.3 Å². The van der Waals surface area contributed by atoms with Crippen molar-refractivity contribution in [1.29, 1.82) is 5.41 Å². The van der Waals surface area contributed by atoms with Gasteiger partial charge in [-0.25, -0.2) is 23.3 Å². The molecule has 0 radical (unpaired) electrons. The summed E-state index contributed by atoms with van der Waals surface area (Å²) in [5.74, 6) is -0.543. The Morgan fingerprint density at radius 1 is 1.11 bits per heavy atom. The van der Waals surface area contributed by atoms with Gasteiger partial charge in [-0.05, 0) is 37.1 Å². The lowest BCUT2D eigenvalue weighted by molar-refractivity contribution is 0.0691. The van der Waals surface area contributed by atoms with Crippen molar-refractivity contribution in [3.63, 3.8) is 0 Å². The minimum Gasteiger partial charge on any atom is -0.476 e. The van der Waals surface area contributed by atoms with Crippen molar-refractivity contribution in [2.75, 3.05) is 5.32 Å². The first-order chi connectivity index (χ1) is 16.7. The quantitative estimate of drug-likeness (QED) is 0.242. The number of primary sulfonamides is 1. The maximum Gasteiger partial charge on any atom is 0.355 e. The normalized spacial score (nSPS) is 14.9. The van der Waals surface area contributed by atoms with Crippen LogP contribution in [0.1, 0.15) is 41.7 Å². The number of rotatable bonds is 9. The summed E-state index contributed by atoms with van der Waals surface area (Å²) in [5.41, 5.74) is 1.40. The molecule has 1 fully saturated rings. The van der Waals surface area contributed by atoms with Gasteiger partial charge in [0.25, 0.3) is 0 Å². The minimum atomic E-state index is -3.86. The molecule has 3 aromatic rings. The van der Waals surface area contributed by atoms with Gasteiger partial charge in [0.2, 0.25) is 10.0 Å². The van der Waals surface area contributed by atoms with E-state index in [1.54, 1.807) is 0 Å². The number of aromatic nitrogens is 1. The predicted molar refractivity (Wildman–Crippen MR) is 134 cm³/mol. The highest BCUT2D eigenvalue weighted by atomic mass is 32.2. The lowest BCUT2D eigenvalue weighted by Crippen LogP contribution is -2.21. The van der Waals surface area contributed by atoms with Crippen LogP contribution in [-0.4, -0.2) is 30.2 Å². The predicted octanol–water partition coefficient (Wildman–Crippen LogP) is 4.56. The van der Waals surface area contributed by atoms with Gasteiger partial charge in [-0.3, -0.25) is 0 Å². The Morgan fingerprint density at radius 2 is 1.77 bits per heavy atom. The van der Waals surface area contributed by atoms with Crippen molar-refractivity contribution in [1.82, 2.24) is 4.98 Å². The standard InChI is InChI=1S/C24H24N4O5S2/c25-20(15-6-4-5-7-15)22(33-17-10-12-18(13-11-17)35(26,31)32)21(16-8-2-1-3-9-16)28-24-27-19(14-34-24)23(29)30/h1-3,8-15,25H,4-7H2,(H,27,28)(H,29,30)(H2,26,31,32)/b22-21+,25-20?. The van der Waals surface area contributed by atoms with Crippen LogP contribution in [0.15, 0.2) is 70.6 Å². The van der Waals surface area contributed by atoms with E-state index in [0.717, 1.165) is 42.6 Å². The number of carbonyl (C=O) groups is 1. The Bertz CT molecular complexity index is 1360. The number of benzene rings is 2. The maximum absolute atomic E-state index is 11.6. The molecule has 5 N–H and O–H groups in total. The van der Waals surface area contributed by atoms with Crippen molar-refractivity contribution in [2.45, 2.75) is 30.6 Å². The van der Waals surface area contributed by atoms with Crippen molar-refractivity contribution in [2.24, 2.45) is 11.1 Å². The zero-order valence-electron chi connectivity index (χ0n) is 18.6. The number of thiazole rings is 1. The molecule has 1 saturated carbocycles. The number of anilines is 1. The monoisotopic (exact) mass is 512 g/mol. The first-order valence-electron chi connectivity index (χ1n) is 10.9. The van der Waals surface area contributed by atoms with Gasteiger partial charge in [-0.2, -0.15) is 0 Å². The van der Waals surface area contributed by atoms with Crippen LogP contribution in [0.4, 0.5) is 5.13 Å². The zero-order chi connectivity index (χ0) is 25.0. The number of nitrogens with one attached hydrogen (secondary N) is 2. The second kappa shape index (κ2) is 10.4. The number of ether oxygens (including phenoxy) is 1. The molecule has 182 valence electrons. The Balaban J connectivity index is 1.81. The highest BCUT2D eigenvalue weighted by Gasteiger charge is 2.27. The van der Waals surface area contributed by atoms with Crippen molar-refractivity contribution in [3.05, 3.63) is 77.0 Å². The Labute approximate surface area is 206 Å². The molecule has 0 saturated heterocycles. The number of nitrogens with zero attached hydrogens (tertiary/aromatic N) is 1. The third-order valence-corrected chi connectivity index (χ3v) is 7.31. The van der Waals surface area contributed by atoms with Crippen LogP contribution in [0, 0.1) is 11.3 Å². The fourth-order valence-electron chi connectivity index (χ4n) is 3.86. The zero-order valence-corrected chi connectivity index (χ0v) is 20.2. The van der Waals surface area contributed by atoms with E-state index in [0.29, 0.717) is 22.3 Å². The van der Waals surface area contributed by atoms with E-state index in [-0.39, 0.29) is 22.3 Å². The number of allylic oxidation sites excluding steroid dienone is 1. The third kappa shape index (κ3) is 5.94. The van der Waals surface area contributed by atoms with E-state index in [4.69, 9.17) is 15.3 Å². The number of hydrogen-bond donors (Lipinski definition) is 4. The highest BCUT2D eigenvalue weighted by Crippen LogP contribution is 2.33. The molecule has 0 atom stereocenters. The fraction of sp³-hybridized carbons (Fsp3) is 0.208. The van der Waals surface area contributed by atoms with Gasteiger partial charge in [-0.15, -0.1) is 11.3 Å². The van der Waals surface area contributed by atoms with E-state index in [9.17, 15) is 18.3 Å². The van der Waals surface area contributed by atoms with E-state index in [1.165, 1.54) is 29.6 Å². The van der Waals surface area contributed by atoms with Gasteiger partial charge in [0.05, 0.1) is 16.3 Å². The second-order valence-electron chi connectivity index (χ2n) is 8.05. The van der Waals surface area contributed by atoms with Gasteiger partial charge < -0.3 is 20.6 Å². The van der Waals surface area contributed by atoms with Crippen LogP contribution < -0.4 is 15.2 Å². The molecule has 0 spiro atoms. The van der Waals surface area contributed by atoms with Gasteiger partial charge >= 0.3 is 5.97 Å². The number of nitrogens with two attached hydrogens (primary N) is 1. The Kier molecular flexibility index (Phi) is 7.29. The smallest absolute Gasteiger partial charge is 0.355 e. The summed E-state index contributed by atoms with van der Waals surface area (Å²) in [5, 5.41) is 28.4. The largest absolute Gasteiger partial charge is 0.476 e. The molecule has 0 unspecified atom stereocenters. The van der Waals surface area contributed by atoms with E-state index >= 15 is 0 Å². The molecule has 1 aliphatic carbocycles. The van der Waals surface area contributed by atoms with Crippen LogP contribution in [-0.2, 0) is 10.0 Å². The molecule has 0 amide bonds. The van der Waals surface area contributed by atoms with Crippen LogP contribution >= 0.6 is 11.3 Å². The van der Waals surface area contributed by atoms with E-state index in [1.807, 2.05) is 30.3 Å². The number of carboxylic acid groups (broad SMARTS) is 1. The minimum absolute atomic E-state index is 0.0000745. The van der Waals surface area contributed by atoms with Crippen molar-refractivity contribution >= 4 is 43.9 Å².